The largest absolute Gasteiger partial charge is 0.741 e. The average Bonchev–Trinajstić information content (AvgIpc) is 3.23. The molecule has 9 nitrogen and oxygen atoms in total. The zero-order valence-corrected chi connectivity index (χ0v) is 33.4. The molecule has 0 saturated carbocycles. The summed E-state index contributed by atoms with van der Waals surface area (Å²) in [6.07, 6.45) is 4.12. The molecule has 60 heavy (non-hydrogen) atoms. The molecule has 1 heterocycles. The molecule has 0 aliphatic heterocycles. The molecule has 306 valence electrons. The summed E-state index contributed by atoms with van der Waals surface area (Å²) in [5, 5.41) is 1.57. The van der Waals surface area contributed by atoms with Crippen molar-refractivity contribution in [2.45, 2.75) is 32.6 Å². The number of carbonyl (C=O) groups is 2. The molecule has 0 N–H and O–H groups in total. The van der Waals surface area contributed by atoms with Gasteiger partial charge in [0.05, 0.1) is 21.9 Å². The van der Waals surface area contributed by atoms with Crippen LogP contribution in [0.15, 0.2) is 140 Å². The monoisotopic (exact) mass is 833 g/mol. The van der Waals surface area contributed by atoms with Crippen LogP contribution in [0.4, 0.5) is 13.2 Å². The van der Waals surface area contributed by atoms with Gasteiger partial charge in [-0.25, -0.2) is 18.0 Å². The van der Waals surface area contributed by atoms with Crippen LogP contribution in [-0.2, 0) is 35.1 Å². The van der Waals surface area contributed by atoms with Gasteiger partial charge >= 0.3 is 17.4 Å². The Morgan fingerprint density at radius 2 is 1.18 bits per heavy atom. The minimum atomic E-state index is -6.09. The zero-order chi connectivity index (χ0) is 43.0. The number of hydrogen-bond acceptors (Lipinski definition) is 8. The van der Waals surface area contributed by atoms with Crippen LogP contribution in [0.5, 0.6) is 11.5 Å². The van der Waals surface area contributed by atoms with Crippen molar-refractivity contribution >= 4 is 56.0 Å². The van der Waals surface area contributed by atoms with E-state index in [4.69, 9.17) is 27.2 Å². The molecule has 0 radical (unpaired) electrons. The molecular formula is C47H38F3NO8S. The lowest BCUT2D eigenvalue weighted by atomic mass is 10.00. The molecule has 7 aromatic rings. The molecule has 6 aromatic carbocycles. The number of rotatable bonds is 10. The Labute approximate surface area is 344 Å². The molecule has 0 fully saturated rings. The molecule has 0 atom stereocenters. The van der Waals surface area contributed by atoms with Gasteiger partial charge in [0.15, 0.2) is 10.1 Å². The Kier molecular flexibility index (Phi) is 13.1. The summed E-state index contributed by atoms with van der Waals surface area (Å²) in [4.78, 5) is 27.0. The molecule has 1 aromatic heterocycles. The molecule has 0 spiro atoms. The fourth-order valence-corrected chi connectivity index (χ4v) is 6.40. The van der Waals surface area contributed by atoms with E-state index in [0.29, 0.717) is 34.6 Å². The van der Waals surface area contributed by atoms with Crippen molar-refractivity contribution in [3.05, 3.63) is 184 Å². The second-order valence-electron chi connectivity index (χ2n) is 13.7. The van der Waals surface area contributed by atoms with Crippen LogP contribution in [0, 0.1) is 13.8 Å². The van der Waals surface area contributed by atoms with Crippen LogP contribution in [0.2, 0.25) is 0 Å². The lowest BCUT2D eigenvalue weighted by Gasteiger charge is -2.15. The second kappa shape index (κ2) is 18.4. The van der Waals surface area contributed by atoms with E-state index in [1.54, 1.807) is 12.1 Å². The maximum Gasteiger partial charge on any atom is 0.485 e. The summed E-state index contributed by atoms with van der Waals surface area (Å²) in [5.74, 6) is 0.333. The Bertz CT molecular complexity index is 2790. The van der Waals surface area contributed by atoms with E-state index in [9.17, 15) is 22.8 Å². The van der Waals surface area contributed by atoms with E-state index in [-0.39, 0.29) is 6.61 Å². The number of pyridine rings is 1. The van der Waals surface area contributed by atoms with Crippen molar-refractivity contribution < 1.29 is 54.5 Å². The number of aryl methyl sites for hydroxylation is 3. The summed E-state index contributed by atoms with van der Waals surface area (Å²) in [6, 6.07) is 45.0. The third-order valence-corrected chi connectivity index (χ3v) is 9.94. The van der Waals surface area contributed by atoms with Gasteiger partial charge in [-0.15, -0.1) is 0 Å². The molecular weight excluding hydrogens is 796 g/mol. The van der Waals surface area contributed by atoms with Crippen LogP contribution in [-0.4, -0.2) is 30.4 Å². The number of para-hydroxylation sites is 1. The van der Waals surface area contributed by atoms with Gasteiger partial charge in [0.2, 0.25) is 11.0 Å². The molecule has 0 saturated heterocycles. The molecule has 0 unspecified atom stereocenters. The van der Waals surface area contributed by atoms with E-state index in [1.165, 1.54) is 0 Å². The summed E-state index contributed by atoms with van der Waals surface area (Å²) in [6.45, 7) is 4.35. The van der Waals surface area contributed by atoms with Crippen molar-refractivity contribution in [2.24, 2.45) is 7.05 Å². The van der Waals surface area contributed by atoms with Gasteiger partial charge in [0.25, 0.3) is 0 Å². The number of alkyl halides is 3. The van der Waals surface area contributed by atoms with Crippen LogP contribution in [0.1, 0.15) is 54.1 Å². The lowest BCUT2D eigenvalue weighted by molar-refractivity contribution is -0.617. The quantitative estimate of drug-likeness (QED) is 0.0254. The number of aromatic nitrogens is 1. The molecule has 0 aliphatic carbocycles. The first-order valence-electron chi connectivity index (χ1n) is 18.4. The number of esters is 2. The summed E-state index contributed by atoms with van der Waals surface area (Å²) in [5.41, 5.74) is 2.42. The minimum Gasteiger partial charge on any atom is -0.741 e. The third-order valence-electron chi connectivity index (χ3n) is 9.38. The van der Waals surface area contributed by atoms with E-state index >= 15 is 0 Å². The number of carbonyl (C=O) groups excluding carboxylic acids is 2. The molecule has 13 heteroatoms. The zero-order valence-electron chi connectivity index (χ0n) is 32.6. The second-order valence-corrected chi connectivity index (χ2v) is 15.1. The van der Waals surface area contributed by atoms with Crippen LogP contribution in [0.25, 0.3) is 34.0 Å². The predicted molar refractivity (Wildman–Crippen MR) is 221 cm³/mol. The summed E-state index contributed by atoms with van der Waals surface area (Å²) < 4.78 is 78.6. The number of ether oxygens (including phenoxy) is 3. The highest BCUT2D eigenvalue weighted by atomic mass is 32.2. The highest BCUT2D eigenvalue weighted by molar-refractivity contribution is 7.86. The van der Waals surface area contributed by atoms with E-state index in [2.05, 4.69) is 22.8 Å². The standard InChI is InChI=1S/C46H38NO5.CHF3O3S/c1-31-26-37(45(48)51-30-36-14-8-5-9-15-36)27-32(2)44(31)52-46(49)43-39-16-10-11-17-41(39)47(3)42-28-34(22-25-40(42)43)19-18-33-20-23-38(24-21-33)50-29-35-12-6-4-7-13-35;2-1(3,4)8(5,6)7/h4-28H,29-30H2,1-3H3;(H,5,6,7)/q+1;/p-1. The Morgan fingerprint density at radius 1 is 0.667 bits per heavy atom. The number of benzene rings is 6. The number of hydrogen-bond donors (Lipinski definition) is 0. The predicted octanol–water partition coefficient (Wildman–Crippen LogP) is 9.81. The highest BCUT2D eigenvalue weighted by Crippen LogP contribution is 2.31. The van der Waals surface area contributed by atoms with Crippen LogP contribution in [0.3, 0.4) is 0 Å². The number of fused-ring (bicyclic) bond motifs is 2. The maximum absolute atomic E-state index is 14.1. The van der Waals surface area contributed by atoms with Crippen LogP contribution >= 0.6 is 0 Å². The van der Waals surface area contributed by atoms with E-state index in [0.717, 1.165) is 49.8 Å². The van der Waals surface area contributed by atoms with Gasteiger partial charge in [-0.3, -0.25) is 0 Å². The van der Waals surface area contributed by atoms with E-state index < -0.39 is 27.6 Å². The SMILES string of the molecule is Cc1cc(C(=O)OCc2ccccc2)cc(C)c1OC(=O)c1c2ccccc2[n+](C)c2cc(C=Cc3ccc(OCc4ccccc4)cc3)ccc12.O=S(=O)([O-])C(F)(F)F. The molecule has 0 bridgehead atoms. The topological polar surface area (TPSA) is 123 Å². The number of halogens is 3. The molecule has 0 amide bonds. The number of nitrogens with zero attached hydrogens (tertiary/aromatic N) is 1. The van der Waals surface area contributed by atoms with Gasteiger partial charge in [0, 0.05) is 12.1 Å². The molecule has 0 aliphatic rings. The van der Waals surface area contributed by atoms with E-state index in [1.807, 2.05) is 142 Å². The van der Waals surface area contributed by atoms with Gasteiger partial charge in [-0.1, -0.05) is 103 Å². The van der Waals surface area contributed by atoms with Crippen molar-refractivity contribution in [3.8, 4) is 11.5 Å². The van der Waals surface area contributed by atoms with Gasteiger partial charge in [0.1, 0.15) is 31.8 Å². The van der Waals surface area contributed by atoms with Gasteiger partial charge in [-0.05, 0) is 83.6 Å². The smallest absolute Gasteiger partial charge is 0.485 e. The maximum atomic E-state index is 14.1. The molecule has 7 rings (SSSR count). The van der Waals surface area contributed by atoms with Gasteiger partial charge < -0.3 is 18.8 Å². The van der Waals surface area contributed by atoms with Gasteiger partial charge in [-0.2, -0.15) is 17.7 Å². The van der Waals surface area contributed by atoms with Crippen molar-refractivity contribution in [1.29, 1.82) is 0 Å². The highest BCUT2D eigenvalue weighted by Gasteiger charge is 2.37. The first kappa shape index (κ1) is 42.8. The van der Waals surface area contributed by atoms with Crippen molar-refractivity contribution in [1.82, 2.24) is 0 Å². The van der Waals surface area contributed by atoms with Crippen LogP contribution < -0.4 is 14.0 Å². The fraction of sp³-hybridized carbons (Fsp3) is 0.128. The Balaban J connectivity index is 0.000000686. The summed E-state index contributed by atoms with van der Waals surface area (Å²) >= 11 is 0. The normalized spacial score (nSPS) is 11.6. The Hall–Kier alpha value is -6.83. The lowest BCUT2D eigenvalue weighted by Crippen LogP contribution is -2.31. The average molecular weight is 834 g/mol. The first-order chi connectivity index (χ1) is 28.6. The fourth-order valence-electron chi connectivity index (χ4n) is 6.40. The first-order valence-corrected chi connectivity index (χ1v) is 19.9. The summed E-state index contributed by atoms with van der Waals surface area (Å²) in [7, 11) is -4.08. The van der Waals surface area contributed by atoms with Crippen molar-refractivity contribution in [3.63, 3.8) is 0 Å². The Morgan fingerprint density at radius 3 is 1.78 bits per heavy atom. The third kappa shape index (κ3) is 10.4. The van der Waals surface area contributed by atoms with Crippen molar-refractivity contribution in [2.75, 3.05) is 0 Å². The minimum absolute atomic E-state index is 0.176.